The van der Waals surface area contributed by atoms with Crippen LogP contribution >= 0.6 is 11.3 Å². The lowest BCUT2D eigenvalue weighted by atomic mass is 10.2. The van der Waals surface area contributed by atoms with Crippen molar-refractivity contribution in [2.45, 2.75) is 32.9 Å². The van der Waals surface area contributed by atoms with Crippen LogP contribution in [-0.2, 0) is 6.54 Å². The smallest absolute Gasteiger partial charge is 0.140 e. The second kappa shape index (κ2) is 6.50. The SMILES string of the molecule is CCN(Cc1cccs1)C(C)C/C(N)=N/O. The summed E-state index contributed by atoms with van der Waals surface area (Å²) in [5.41, 5.74) is 5.52. The summed E-state index contributed by atoms with van der Waals surface area (Å²) in [5.74, 6) is 0.289. The van der Waals surface area contributed by atoms with Crippen LogP contribution in [-0.4, -0.2) is 28.5 Å². The Balaban J connectivity index is 2.53. The van der Waals surface area contributed by atoms with Crippen molar-refractivity contribution >= 4 is 17.2 Å². The van der Waals surface area contributed by atoms with Crippen LogP contribution in [0.1, 0.15) is 25.1 Å². The van der Waals surface area contributed by atoms with Crippen molar-refractivity contribution < 1.29 is 5.21 Å². The number of nitrogens with zero attached hydrogens (tertiary/aromatic N) is 2. The summed E-state index contributed by atoms with van der Waals surface area (Å²) in [6.07, 6.45) is 0.593. The lowest BCUT2D eigenvalue weighted by Crippen LogP contribution is -2.35. The topological polar surface area (TPSA) is 61.8 Å². The van der Waals surface area contributed by atoms with Gasteiger partial charge in [0.2, 0.25) is 0 Å². The first-order valence-corrected chi connectivity index (χ1v) is 6.28. The molecular formula is C11H19N3OS. The van der Waals surface area contributed by atoms with E-state index in [0.717, 1.165) is 13.1 Å². The molecule has 0 spiro atoms. The maximum atomic E-state index is 8.54. The van der Waals surface area contributed by atoms with E-state index in [1.165, 1.54) is 4.88 Å². The van der Waals surface area contributed by atoms with Gasteiger partial charge >= 0.3 is 0 Å². The van der Waals surface area contributed by atoms with Crippen molar-refractivity contribution in [2.24, 2.45) is 10.9 Å². The van der Waals surface area contributed by atoms with Crippen LogP contribution in [0.25, 0.3) is 0 Å². The van der Waals surface area contributed by atoms with Gasteiger partial charge in [-0.25, -0.2) is 0 Å². The lowest BCUT2D eigenvalue weighted by molar-refractivity contribution is 0.215. The number of oxime groups is 1. The summed E-state index contributed by atoms with van der Waals surface area (Å²) in [6.45, 7) is 6.09. The first kappa shape index (κ1) is 13.0. The third-order valence-electron chi connectivity index (χ3n) is 2.60. The molecule has 1 aromatic rings. The molecule has 1 rings (SSSR count). The van der Waals surface area contributed by atoms with Gasteiger partial charge < -0.3 is 10.9 Å². The van der Waals surface area contributed by atoms with Crippen molar-refractivity contribution in [3.05, 3.63) is 22.4 Å². The normalized spacial score (nSPS) is 14.3. The van der Waals surface area contributed by atoms with Crippen LogP contribution in [0.3, 0.4) is 0 Å². The van der Waals surface area contributed by atoms with Crippen LogP contribution in [0.4, 0.5) is 0 Å². The molecule has 0 fully saturated rings. The molecule has 1 heterocycles. The summed E-state index contributed by atoms with van der Waals surface area (Å²) in [6, 6.07) is 4.47. The molecule has 0 aliphatic carbocycles. The van der Waals surface area contributed by atoms with Gasteiger partial charge in [-0.2, -0.15) is 0 Å². The van der Waals surface area contributed by atoms with Crippen LogP contribution in [0.5, 0.6) is 0 Å². The summed E-state index contributed by atoms with van der Waals surface area (Å²) in [5, 5.41) is 13.6. The van der Waals surface area contributed by atoms with Gasteiger partial charge in [-0.15, -0.1) is 11.3 Å². The molecule has 0 aliphatic rings. The Labute approximate surface area is 100 Å². The van der Waals surface area contributed by atoms with E-state index in [0.29, 0.717) is 6.42 Å². The Kier molecular flexibility index (Phi) is 5.28. The minimum atomic E-state index is 0.281. The predicted octanol–water partition coefficient (Wildman–Crippen LogP) is 2.10. The number of hydrogen-bond acceptors (Lipinski definition) is 4. The Morgan fingerprint density at radius 2 is 2.44 bits per heavy atom. The second-order valence-corrected chi connectivity index (χ2v) is 4.82. The number of hydrogen-bond donors (Lipinski definition) is 2. The molecule has 1 aromatic heterocycles. The number of amidine groups is 1. The average molecular weight is 241 g/mol. The first-order valence-electron chi connectivity index (χ1n) is 5.40. The Bertz CT molecular complexity index is 324. The highest BCUT2D eigenvalue weighted by molar-refractivity contribution is 7.09. The van der Waals surface area contributed by atoms with E-state index in [1.807, 2.05) is 0 Å². The molecule has 5 heteroatoms. The van der Waals surface area contributed by atoms with Crippen LogP contribution in [0, 0.1) is 0 Å². The maximum absolute atomic E-state index is 8.54. The Morgan fingerprint density at radius 1 is 1.69 bits per heavy atom. The molecule has 4 nitrogen and oxygen atoms in total. The molecule has 0 bridgehead atoms. The van der Waals surface area contributed by atoms with E-state index >= 15 is 0 Å². The highest BCUT2D eigenvalue weighted by Gasteiger charge is 2.14. The Morgan fingerprint density at radius 3 is 2.94 bits per heavy atom. The molecule has 1 atom stereocenters. The van der Waals surface area contributed by atoms with Crippen LogP contribution in [0.15, 0.2) is 22.7 Å². The van der Waals surface area contributed by atoms with E-state index < -0.39 is 0 Å². The van der Waals surface area contributed by atoms with Crippen molar-refractivity contribution in [1.82, 2.24) is 4.90 Å². The van der Waals surface area contributed by atoms with Gasteiger partial charge in [0.25, 0.3) is 0 Å². The predicted molar refractivity (Wildman–Crippen MR) is 67.9 cm³/mol. The van der Waals surface area contributed by atoms with Gasteiger partial charge in [0.15, 0.2) is 0 Å². The monoisotopic (exact) mass is 241 g/mol. The highest BCUT2D eigenvalue weighted by atomic mass is 32.1. The molecule has 16 heavy (non-hydrogen) atoms. The van der Waals surface area contributed by atoms with Crippen molar-refractivity contribution in [3.63, 3.8) is 0 Å². The number of rotatable bonds is 6. The van der Waals surface area contributed by atoms with E-state index in [-0.39, 0.29) is 11.9 Å². The summed E-state index contributed by atoms with van der Waals surface area (Å²) < 4.78 is 0. The molecule has 0 saturated carbocycles. The van der Waals surface area contributed by atoms with Gasteiger partial charge in [0.1, 0.15) is 5.84 Å². The minimum Gasteiger partial charge on any atom is -0.409 e. The maximum Gasteiger partial charge on any atom is 0.140 e. The standard InChI is InChI=1S/C11H19N3OS/c1-3-14(8-10-5-4-6-16-10)9(2)7-11(12)13-15/h4-6,9,15H,3,7-8H2,1-2H3,(H2,12,13). The van der Waals surface area contributed by atoms with E-state index in [1.54, 1.807) is 11.3 Å². The zero-order chi connectivity index (χ0) is 12.0. The van der Waals surface area contributed by atoms with Gasteiger partial charge in [0.05, 0.1) is 0 Å². The molecule has 3 N–H and O–H groups in total. The van der Waals surface area contributed by atoms with Crippen LogP contribution in [0.2, 0.25) is 0 Å². The van der Waals surface area contributed by atoms with E-state index in [2.05, 4.69) is 41.4 Å². The van der Waals surface area contributed by atoms with Crippen molar-refractivity contribution in [3.8, 4) is 0 Å². The largest absolute Gasteiger partial charge is 0.409 e. The summed E-state index contributed by atoms with van der Waals surface area (Å²) in [4.78, 5) is 3.65. The third kappa shape index (κ3) is 3.83. The van der Waals surface area contributed by atoms with Gasteiger partial charge in [-0.3, -0.25) is 4.90 Å². The molecule has 0 aliphatic heterocycles. The molecule has 90 valence electrons. The van der Waals surface area contributed by atoms with Gasteiger partial charge in [-0.05, 0) is 24.9 Å². The molecule has 1 unspecified atom stereocenters. The highest BCUT2D eigenvalue weighted by Crippen LogP contribution is 2.14. The third-order valence-corrected chi connectivity index (χ3v) is 3.46. The first-order chi connectivity index (χ1) is 7.67. The number of nitrogens with two attached hydrogens (primary N) is 1. The fourth-order valence-corrected chi connectivity index (χ4v) is 2.38. The fourth-order valence-electron chi connectivity index (χ4n) is 1.65. The molecule has 0 radical (unpaired) electrons. The second-order valence-electron chi connectivity index (χ2n) is 3.79. The molecule has 0 amide bonds. The average Bonchev–Trinajstić information content (AvgIpc) is 2.78. The molecule has 0 aromatic carbocycles. The zero-order valence-electron chi connectivity index (χ0n) is 9.76. The Hall–Kier alpha value is -1.07. The minimum absolute atomic E-state index is 0.281. The molecule has 0 saturated heterocycles. The van der Waals surface area contributed by atoms with Crippen molar-refractivity contribution in [2.75, 3.05) is 6.54 Å². The quantitative estimate of drug-likeness (QED) is 0.347. The van der Waals surface area contributed by atoms with Crippen molar-refractivity contribution in [1.29, 1.82) is 0 Å². The number of thiophene rings is 1. The lowest BCUT2D eigenvalue weighted by Gasteiger charge is -2.26. The summed E-state index contributed by atoms with van der Waals surface area (Å²) in [7, 11) is 0. The van der Waals surface area contributed by atoms with Gasteiger partial charge in [-0.1, -0.05) is 18.1 Å². The zero-order valence-corrected chi connectivity index (χ0v) is 10.6. The fraction of sp³-hybridized carbons (Fsp3) is 0.545. The summed E-state index contributed by atoms with van der Waals surface area (Å²) >= 11 is 1.76. The van der Waals surface area contributed by atoms with Crippen LogP contribution < -0.4 is 5.73 Å². The van der Waals surface area contributed by atoms with Gasteiger partial charge in [0, 0.05) is 23.9 Å². The molecular weight excluding hydrogens is 222 g/mol. The van der Waals surface area contributed by atoms with E-state index in [4.69, 9.17) is 10.9 Å². The van der Waals surface area contributed by atoms with E-state index in [9.17, 15) is 0 Å².